The first-order valence-electron chi connectivity index (χ1n) is 8.21. The Morgan fingerprint density at radius 2 is 1.87 bits per heavy atom. The third-order valence-electron chi connectivity index (χ3n) is 4.46. The number of morpholine rings is 1. The van der Waals surface area contributed by atoms with Gasteiger partial charge in [0.15, 0.2) is 0 Å². The van der Waals surface area contributed by atoms with E-state index in [-0.39, 0.29) is 11.4 Å². The Labute approximate surface area is 137 Å². The lowest BCUT2D eigenvalue weighted by atomic mass is 10.0. The van der Waals surface area contributed by atoms with Crippen molar-refractivity contribution in [2.45, 2.75) is 12.1 Å². The zero-order chi connectivity index (χ0) is 16.1. The van der Waals surface area contributed by atoms with Crippen LogP contribution in [0, 0.1) is 5.82 Å². The Morgan fingerprint density at radius 3 is 2.65 bits per heavy atom. The van der Waals surface area contributed by atoms with Gasteiger partial charge in [-0.25, -0.2) is 4.39 Å². The van der Waals surface area contributed by atoms with Gasteiger partial charge in [0.25, 0.3) is 0 Å². The number of rotatable bonds is 4. The summed E-state index contributed by atoms with van der Waals surface area (Å²) < 4.78 is 25.0. The highest BCUT2D eigenvalue weighted by Gasteiger charge is 2.39. The highest BCUT2D eigenvalue weighted by atomic mass is 19.1. The molecule has 0 bridgehead atoms. The van der Waals surface area contributed by atoms with E-state index in [1.165, 1.54) is 12.1 Å². The fourth-order valence-corrected chi connectivity index (χ4v) is 3.41. The van der Waals surface area contributed by atoms with Crippen LogP contribution < -0.4 is 0 Å². The van der Waals surface area contributed by atoms with E-state index in [0.717, 1.165) is 51.4 Å². The van der Waals surface area contributed by atoms with E-state index >= 15 is 0 Å². The highest BCUT2D eigenvalue weighted by molar-refractivity contribution is 5.16. The fraction of sp³-hybridized carbons (Fsp3) is 0.556. The minimum atomic E-state index is -0.280. The van der Waals surface area contributed by atoms with Crippen molar-refractivity contribution < 1.29 is 13.9 Å². The van der Waals surface area contributed by atoms with Crippen LogP contribution in [0.3, 0.4) is 0 Å². The van der Waals surface area contributed by atoms with Gasteiger partial charge in [-0.15, -0.1) is 6.58 Å². The monoisotopic (exact) mass is 320 g/mol. The van der Waals surface area contributed by atoms with Crippen LogP contribution in [-0.4, -0.2) is 67.9 Å². The summed E-state index contributed by atoms with van der Waals surface area (Å²) in [5, 5.41) is 0. The molecule has 1 spiro atoms. The van der Waals surface area contributed by atoms with Gasteiger partial charge in [-0.3, -0.25) is 9.80 Å². The van der Waals surface area contributed by atoms with E-state index in [1.807, 2.05) is 18.2 Å². The second kappa shape index (κ2) is 7.53. The predicted octanol–water partition coefficient (Wildman–Crippen LogP) is 1.91. The largest absolute Gasteiger partial charge is 0.377 e. The average molecular weight is 320 g/mol. The molecule has 5 heteroatoms. The van der Waals surface area contributed by atoms with Crippen molar-refractivity contribution in [3.63, 3.8) is 0 Å². The first kappa shape index (κ1) is 16.6. The molecule has 4 nitrogen and oxygen atoms in total. The second-order valence-electron chi connectivity index (χ2n) is 6.44. The zero-order valence-corrected chi connectivity index (χ0v) is 13.5. The molecule has 2 saturated heterocycles. The summed E-state index contributed by atoms with van der Waals surface area (Å²) in [5.41, 5.74) is 0.846. The standard InChI is InChI=1S/C18H25FN2O2/c1-2-7-20-8-10-22-15-18(13-20)14-21(9-11-23-18)12-16-3-5-17(19)6-4-16/h2-6H,1,7-15H2/t18-/m0/s1. The molecule has 1 aromatic carbocycles. The Kier molecular flexibility index (Phi) is 5.43. The summed E-state index contributed by atoms with van der Waals surface area (Å²) in [6.45, 7) is 11.1. The van der Waals surface area contributed by atoms with Crippen molar-refractivity contribution in [1.29, 1.82) is 0 Å². The maximum atomic E-state index is 13.0. The van der Waals surface area contributed by atoms with E-state index in [1.54, 1.807) is 0 Å². The minimum absolute atomic E-state index is 0.190. The predicted molar refractivity (Wildman–Crippen MR) is 87.8 cm³/mol. The van der Waals surface area contributed by atoms with Crippen LogP contribution in [-0.2, 0) is 16.0 Å². The van der Waals surface area contributed by atoms with Gasteiger partial charge in [0.1, 0.15) is 11.4 Å². The molecule has 0 amide bonds. The molecule has 2 fully saturated rings. The first-order chi connectivity index (χ1) is 11.2. The molecule has 0 radical (unpaired) electrons. The fourth-order valence-electron chi connectivity index (χ4n) is 3.41. The number of halogens is 1. The van der Waals surface area contributed by atoms with Crippen molar-refractivity contribution in [2.24, 2.45) is 0 Å². The summed E-state index contributed by atoms with van der Waals surface area (Å²) in [6.07, 6.45) is 1.93. The molecular formula is C18H25FN2O2. The SMILES string of the molecule is C=CCN1CCOC[C@]2(C1)CN(Cc1ccc(F)cc1)CCO2. The summed E-state index contributed by atoms with van der Waals surface area (Å²) in [6, 6.07) is 6.74. The molecule has 1 atom stereocenters. The van der Waals surface area contributed by atoms with E-state index in [2.05, 4.69) is 16.4 Å². The topological polar surface area (TPSA) is 24.9 Å². The lowest BCUT2D eigenvalue weighted by molar-refractivity contribution is -0.142. The van der Waals surface area contributed by atoms with Gasteiger partial charge in [-0.1, -0.05) is 18.2 Å². The molecule has 2 heterocycles. The maximum absolute atomic E-state index is 13.0. The molecule has 0 aromatic heterocycles. The molecule has 126 valence electrons. The Balaban J connectivity index is 1.66. The third kappa shape index (κ3) is 4.38. The van der Waals surface area contributed by atoms with Crippen molar-refractivity contribution in [2.75, 3.05) is 52.5 Å². The molecule has 0 N–H and O–H groups in total. The van der Waals surface area contributed by atoms with Gasteiger partial charge in [0.05, 0.1) is 19.8 Å². The van der Waals surface area contributed by atoms with E-state index in [4.69, 9.17) is 9.47 Å². The van der Waals surface area contributed by atoms with Crippen LogP contribution in [0.15, 0.2) is 36.9 Å². The van der Waals surface area contributed by atoms with Crippen molar-refractivity contribution in [1.82, 2.24) is 9.80 Å². The number of nitrogens with zero attached hydrogens (tertiary/aromatic N) is 2. The third-order valence-corrected chi connectivity index (χ3v) is 4.46. The molecule has 0 unspecified atom stereocenters. The maximum Gasteiger partial charge on any atom is 0.123 e. The number of hydrogen-bond acceptors (Lipinski definition) is 4. The number of benzene rings is 1. The van der Waals surface area contributed by atoms with Crippen LogP contribution in [0.25, 0.3) is 0 Å². The van der Waals surface area contributed by atoms with Gasteiger partial charge >= 0.3 is 0 Å². The first-order valence-corrected chi connectivity index (χ1v) is 8.21. The molecular weight excluding hydrogens is 295 g/mol. The molecule has 2 aliphatic heterocycles. The van der Waals surface area contributed by atoms with Gasteiger partial charge in [-0.05, 0) is 17.7 Å². The van der Waals surface area contributed by atoms with Gasteiger partial charge in [-0.2, -0.15) is 0 Å². The number of hydrogen-bond donors (Lipinski definition) is 0. The average Bonchev–Trinajstić information content (AvgIpc) is 2.72. The smallest absolute Gasteiger partial charge is 0.123 e. The van der Waals surface area contributed by atoms with Crippen LogP contribution in [0.5, 0.6) is 0 Å². The summed E-state index contributed by atoms with van der Waals surface area (Å²) in [5.74, 6) is -0.190. The second-order valence-corrected chi connectivity index (χ2v) is 6.44. The van der Waals surface area contributed by atoms with Crippen LogP contribution in [0.1, 0.15) is 5.56 Å². The Hall–Kier alpha value is -1.27. The van der Waals surface area contributed by atoms with Crippen molar-refractivity contribution >= 4 is 0 Å². The molecule has 0 saturated carbocycles. The van der Waals surface area contributed by atoms with E-state index in [0.29, 0.717) is 13.2 Å². The molecule has 0 aliphatic carbocycles. The molecule has 2 aliphatic rings. The normalized spacial score (nSPS) is 27.0. The van der Waals surface area contributed by atoms with Gasteiger partial charge < -0.3 is 9.47 Å². The molecule has 1 aromatic rings. The lowest BCUT2D eigenvalue weighted by Crippen LogP contribution is -2.58. The minimum Gasteiger partial charge on any atom is -0.377 e. The van der Waals surface area contributed by atoms with Crippen LogP contribution in [0.2, 0.25) is 0 Å². The van der Waals surface area contributed by atoms with E-state index in [9.17, 15) is 4.39 Å². The summed E-state index contributed by atoms with van der Waals surface area (Å²) >= 11 is 0. The summed E-state index contributed by atoms with van der Waals surface area (Å²) in [4.78, 5) is 4.71. The van der Waals surface area contributed by atoms with Crippen molar-refractivity contribution in [3.05, 3.63) is 48.3 Å². The van der Waals surface area contributed by atoms with E-state index < -0.39 is 0 Å². The zero-order valence-electron chi connectivity index (χ0n) is 13.5. The van der Waals surface area contributed by atoms with Crippen LogP contribution in [0.4, 0.5) is 4.39 Å². The molecule has 23 heavy (non-hydrogen) atoms. The summed E-state index contributed by atoms with van der Waals surface area (Å²) in [7, 11) is 0. The molecule has 3 rings (SSSR count). The van der Waals surface area contributed by atoms with Crippen molar-refractivity contribution in [3.8, 4) is 0 Å². The lowest BCUT2D eigenvalue weighted by Gasteiger charge is -2.43. The Bertz CT molecular complexity index is 522. The quantitative estimate of drug-likeness (QED) is 0.791. The number of ether oxygens (including phenoxy) is 2. The van der Waals surface area contributed by atoms with Gasteiger partial charge in [0, 0.05) is 39.3 Å². The Morgan fingerprint density at radius 1 is 1.13 bits per heavy atom. The highest BCUT2D eigenvalue weighted by Crippen LogP contribution is 2.24. The van der Waals surface area contributed by atoms with Crippen LogP contribution >= 0.6 is 0 Å². The van der Waals surface area contributed by atoms with Gasteiger partial charge in [0.2, 0.25) is 0 Å².